The second kappa shape index (κ2) is 13.8. The average molecular weight is 719 g/mol. The molecule has 0 nitrogen and oxygen atoms in total. The largest absolute Gasteiger partial charge is 0.0622 e. The van der Waals surface area contributed by atoms with Crippen molar-refractivity contribution >= 4 is 0 Å². The maximum absolute atomic E-state index is 2.56. The van der Waals surface area contributed by atoms with E-state index >= 15 is 0 Å². The summed E-state index contributed by atoms with van der Waals surface area (Å²) < 4.78 is 0. The quantitative estimate of drug-likeness (QED) is 0.137. The van der Waals surface area contributed by atoms with Gasteiger partial charge in [0.1, 0.15) is 0 Å². The highest BCUT2D eigenvalue weighted by atomic mass is 14.4. The van der Waals surface area contributed by atoms with E-state index in [0.717, 1.165) is 0 Å². The summed E-state index contributed by atoms with van der Waals surface area (Å²) in [6.07, 6.45) is 2.50. The topological polar surface area (TPSA) is 0 Å². The average Bonchev–Trinajstić information content (AvgIpc) is 4.08. The van der Waals surface area contributed by atoms with Crippen LogP contribution in [0.1, 0.15) is 77.5 Å². The van der Waals surface area contributed by atoms with Gasteiger partial charge in [-0.3, -0.25) is 0 Å². The Balaban J connectivity index is 1.26. The van der Waals surface area contributed by atoms with Gasteiger partial charge in [-0.15, -0.1) is 0 Å². The fraction of sp³-hybridized carbons (Fsp3) is 0.143. The van der Waals surface area contributed by atoms with E-state index in [4.69, 9.17) is 0 Å². The summed E-state index contributed by atoms with van der Waals surface area (Å²) >= 11 is 0. The molecule has 0 heteroatoms. The highest BCUT2D eigenvalue weighted by Crippen LogP contribution is 2.53. The minimum absolute atomic E-state index is 0.0272. The Kier molecular flexibility index (Phi) is 8.45. The maximum atomic E-state index is 2.56. The molecule has 2 aliphatic carbocycles. The van der Waals surface area contributed by atoms with Crippen LogP contribution in [-0.2, 0) is 5.41 Å². The zero-order chi connectivity index (χ0) is 37.8. The fourth-order valence-electron chi connectivity index (χ4n) is 9.50. The van der Waals surface area contributed by atoms with Gasteiger partial charge in [-0.25, -0.2) is 0 Å². The zero-order valence-corrected chi connectivity index (χ0v) is 32.5. The van der Waals surface area contributed by atoms with Crippen LogP contribution in [0.3, 0.4) is 0 Å². The first-order valence-electron chi connectivity index (χ1n) is 20.2. The lowest BCUT2D eigenvalue weighted by molar-refractivity contribution is 0.659. The predicted molar refractivity (Wildman–Crippen MR) is 236 cm³/mol. The Morgan fingerprint density at radius 3 is 1.71 bits per heavy atom. The summed E-state index contributed by atoms with van der Waals surface area (Å²) in [6.45, 7) is 7.08. The molecule has 2 aliphatic rings. The lowest BCUT2D eigenvalue weighted by atomic mass is 9.74. The van der Waals surface area contributed by atoms with E-state index in [-0.39, 0.29) is 11.3 Å². The predicted octanol–water partition coefficient (Wildman–Crippen LogP) is 15.0. The van der Waals surface area contributed by atoms with Crippen LogP contribution in [-0.4, -0.2) is 0 Å². The normalized spacial score (nSPS) is 14.6. The van der Waals surface area contributed by atoms with Gasteiger partial charge in [0, 0.05) is 11.3 Å². The van der Waals surface area contributed by atoms with Gasteiger partial charge in [0.05, 0.1) is 0 Å². The van der Waals surface area contributed by atoms with E-state index in [1.165, 1.54) is 107 Å². The highest BCUT2D eigenvalue weighted by molar-refractivity contribution is 5.84. The molecule has 0 aliphatic heterocycles. The fourth-order valence-corrected chi connectivity index (χ4v) is 9.50. The van der Waals surface area contributed by atoms with Crippen LogP contribution in [0.4, 0.5) is 0 Å². The molecule has 10 rings (SSSR count). The van der Waals surface area contributed by atoms with Crippen molar-refractivity contribution in [1.29, 1.82) is 0 Å². The van der Waals surface area contributed by atoms with Crippen molar-refractivity contribution in [3.63, 3.8) is 0 Å². The molecule has 0 heterocycles. The van der Waals surface area contributed by atoms with Crippen molar-refractivity contribution in [1.82, 2.24) is 0 Å². The number of aryl methyl sites for hydroxylation is 1. The van der Waals surface area contributed by atoms with E-state index in [2.05, 4.69) is 209 Å². The Labute approximate surface area is 332 Å². The molecule has 0 spiro atoms. The lowest BCUT2D eigenvalue weighted by Crippen LogP contribution is -2.16. The number of rotatable bonds is 8. The van der Waals surface area contributed by atoms with Crippen molar-refractivity contribution in [2.45, 2.75) is 50.9 Å². The molecule has 0 bridgehead atoms. The minimum atomic E-state index is -0.108. The molecule has 1 fully saturated rings. The van der Waals surface area contributed by atoms with Crippen LogP contribution >= 0.6 is 0 Å². The van der Waals surface area contributed by atoms with E-state index < -0.39 is 0 Å². The van der Waals surface area contributed by atoms with Gasteiger partial charge in [-0.1, -0.05) is 196 Å². The first-order chi connectivity index (χ1) is 27.5. The summed E-state index contributed by atoms with van der Waals surface area (Å²) in [4.78, 5) is 0. The van der Waals surface area contributed by atoms with E-state index in [9.17, 15) is 0 Å². The molecule has 270 valence electrons. The van der Waals surface area contributed by atoms with Crippen LogP contribution in [0.2, 0.25) is 0 Å². The molecular weight excluding hydrogens is 673 g/mol. The van der Waals surface area contributed by atoms with Gasteiger partial charge in [0.15, 0.2) is 0 Å². The van der Waals surface area contributed by atoms with Gasteiger partial charge >= 0.3 is 0 Å². The molecule has 0 aromatic heterocycles. The van der Waals surface area contributed by atoms with Crippen LogP contribution < -0.4 is 0 Å². The van der Waals surface area contributed by atoms with Gasteiger partial charge in [0.25, 0.3) is 0 Å². The molecule has 1 atom stereocenters. The first kappa shape index (κ1) is 34.3. The van der Waals surface area contributed by atoms with Crippen molar-refractivity contribution in [2.24, 2.45) is 0 Å². The zero-order valence-electron chi connectivity index (χ0n) is 32.5. The van der Waals surface area contributed by atoms with Gasteiger partial charge in [0.2, 0.25) is 0 Å². The van der Waals surface area contributed by atoms with Crippen molar-refractivity contribution in [3.8, 4) is 55.6 Å². The van der Waals surface area contributed by atoms with Gasteiger partial charge in [-0.05, 0) is 126 Å². The van der Waals surface area contributed by atoms with E-state index in [1.54, 1.807) is 0 Å². The van der Waals surface area contributed by atoms with Crippen LogP contribution in [0.15, 0.2) is 188 Å². The highest BCUT2D eigenvalue weighted by Gasteiger charge is 2.37. The van der Waals surface area contributed by atoms with Crippen LogP contribution in [0.5, 0.6) is 0 Å². The first-order valence-corrected chi connectivity index (χ1v) is 20.2. The summed E-state index contributed by atoms with van der Waals surface area (Å²) in [5.74, 6) is 0.569. The molecule has 0 radical (unpaired) electrons. The third-order valence-corrected chi connectivity index (χ3v) is 12.6. The Morgan fingerprint density at radius 2 is 1.00 bits per heavy atom. The third kappa shape index (κ3) is 5.92. The monoisotopic (exact) mass is 718 g/mol. The Hall–Kier alpha value is -6.24. The van der Waals surface area contributed by atoms with Crippen LogP contribution in [0.25, 0.3) is 55.6 Å². The molecule has 0 N–H and O–H groups in total. The summed E-state index contributed by atoms with van der Waals surface area (Å²) in [6, 6.07) is 70.6. The number of hydrogen-bond acceptors (Lipinski definition) is 0. The number of hydrogen-bond donors (Lipinski definition) is 0. The van der Waals surface area contributed by atoms with Gasteiger partial charge < -0.3 is 0 Å². The third-order valence-electron chi connectivity index (χ3n) is 12.6. The van der Waals surface area contributed by atoms with Crippen LogP contribution in [0, 0.1) is 6.92 Å². The summed E-state index contributed by atoms with van der Waals surface area (Å²) in [5.41, 5.74) is 22.5. The summed E-state index contributed by atoms with van der Waals surface area (Å²) in [5, 5.41) is 0. The minimum Gasteiger partial charge on any atom is -0.0622 e. The second-order valence-corrected chi connectivity index (χ2v) is 16.4. The molecule has 1 saturated carbocycles. The molecule has 8 aromatic rings. The van der Waals surface area contributed by atoms with Crippen molar-refractivity contribution < 1.29 is 0 Å². The number of fused-ring (bicyclic) bond motifs is 3. The summed E-state index contributed by atoms with van der Waals surface area (Å²) in [7, 11) is 0. The maximum Gasteiger partial charge on any atom is 0.0352 e. The van der Waals surface area contributed by atoms with Gasteiger partial charge in [-0.2, -0.15) is 0 Å². The Morgan fingerprint density at radius 1 is 0.429 bits per heavy atom. The molecule has 0 saturated heterocycles. The number of benzene rings is 8. The lowest BCUT2D eigenvalue weighted by Gasteiger charge is -2.29. The molecule has 56 heavy (non-hydrogen) atoms. The SMILES string of the molecule is Cc1ccccc1-c1c(C2CC2)cccc1C(c1ccc2c(c1)C(C)(C)c1ccccc1-2)c1cc(-c2ccccc2)ccc1-c1ccc(-c2ccccc2)cc1. The molecule has 8 aromatic carbocycles. The Bertz CT molecular complexity index is 2710. The second-order valence-electron chi connectivity index (χ2n) is 16.4. The van der Waals surface area contributed by atoms with E-state index in [1.807, 2.05) is 0 Å². The smallest absolute Gasteiger partial charge is 0.0352 e. The molecule has 0 amide bonds. The molecular formula is C56H46. The van der Waals surface area contributed by atoms with Crippen molar-refractivity contribution in [2.75, 3.05) is 0 Å². The van der Waals surface area contributed by atoms with E-state index in [0.29, 0.717) is 5.92 Å². The van der Waals surface area contributed by atoms with Crippen molar-refractivity contribution in [3.05, 3.63) is 227 Å². The molecule has 1 unspecified atom stereocenters. The standard InChI is InChI=1S/C56H46/c1-37-15-10-11-20-45(37)55-47(42-29-30-42)22-14-23-50(55)54(44-32-34-49-48-21-12-13-24-52(48)56(2,3)53(49)36-44)51-35-43(39-18-8-5-9-19-39)31-33-46(51)41-27-25-40(26-28-41)38-16-6-4-7-17-38/h4-28,31-36,42,54H,29-30H2,1-3H3.